The van der Waals surface area contributed by atoms with E-state index >= 15 is 0 Å². The maximum absolute atomic E-state index is 12.1. The van der Waals surface area contributed by atoms with Crippen molar-refractivity contribution < 1.29 is 14.8 Å². The molecule has 0 radical (unpaired) electrons. The molecule has 0 aliphatic carbocycles. The Morgan fingerprint density at radius 2 is 1.85 bits per heavy atom. The van der Waals surface area contributed by atoms with Gasteiger partial charge < -0.3 is 21.1 Å². The molecule has 2 aromatic rings. The Bertz CT molecular complexity index is 817. The van der Waals surface area contributed by atoms with Crippen molar-refractivity contribution in [2.24, 2.45) is 0 Å². The summed E-state index contributed by atoms with van der Waals surface area (Å²) in [5.74, 6) is -0.409. The summed E-state index contributed by atoms with van der Waals surface area (Å²) in [6.45, 7) is -0.00119. The fourth-order valence-electron chi connectivity index (χ4n) is 2.10. The molecular formula is C16H16Cl2N4O4. The highest BCUT2D eigenvalue weighted by Crippen LogP contribution is 2.27. The number of hydrogen-bond acceptors (Lipinski definition) is 6. The second-order valence-corrected chi connectivity index (χ2v) is 6.01. The van der Waals surface area contributed by atoms with E-state index in [4.69, 9.17) is 28.3 Å². The highest BCUT2D eigenvalue weighted by Gasteiger charge is 2.12. The van der Waals surface area contributed by atoms with Gasteiger partial charge in [-0.05, 0) is 24.3 Å². The minimum absolute atomic E-state index is 0.107. The van der Waals surface area contributed by atoms with E-state index in [1.54, 1.807) is 12.1 Å². The highest BCUT2D eigenvalue weighted by atomic mass is 35.5. The summed E-state index contributed by atoms with van der Waals surface area (Å²) in [7, 11) is 0. The van der Waals surface area contributed by atoms with E-state index < -0.39 is 10.8 Å². The zero-order valence-electron chi connectivity index (χ0n) is 13.5. The molecule has 0 aliphatic heterocycles. The summed E-state index contributed by atoms with van der Waals surface area (Å²) in [4.78, 5) is 22.5. The first-order valence-electron chi connectivity index (χ1n) is 7.52. The Kier molecular flexibility index (Phi) is 7.02. The molecule has 0 aromatic heterocycles. The van der Waals surface area contributed by atoms with Crippen LogP contribution in [0.25, 0.3) is 0 Å². The van der Waals surface area contributed by atoms with Gasteiger partial charge in [0.05, 0.1) is 40.2 Å². The Labute approximate surface area is 159 Å². The summed E-state index contributed by atoms with van der Waals surface area (Å²) in [6.07, 6.45) is 0. The molecule has 0 saturated heterocycles. The third-order valence-corrected chi connectivity index (χ3v) is 3.85. The number of non-ortho nitro benzene ring substituents is 1. The third-order valence-electron chi connectivity index (χ3n) is 3.28. The van der Waals surface area contributed by atoms with Crippen LogP contribution in [-0.4, -0.2) is 35.6 Å². The van der Waals surface area contributed by atoms with Gasteiger partial charge in [0.1, 0.15) is 0 Å². The molecule has 0 fully saturated rings. The number of aliphatic hydroxyl groups excluding tert-OH is 1. The Morgan fingerprint density at radius 3 is 2.54 bits per heavy atom. The van der Waals surface area contributed by atoms with Gasteiger partial charge in [0.25, 0.3) is 5.69 Å². The number of nitrogens with zero attached hydrogens (tertiary/aromatic N) is 1. The Balaban J connectivity index is 2.08. The van der Waals surface area contributed by atoms with Crippen LogP contribution in [0.3, 0.4) is 0 Å². The topological polar surface area (TPSA) is 117 Å². The van der Waals surface area contributed by atoms with Gasteiger partial charge in [0.2, 0.25) is 5.91 Å². The maximum atomic E-state index is 12.1. The zero-order chi connectivity index (χ0) is 19.1. The lowest BCUT2D eigenvalue weighted by molar-refractivity contribution is -0.384. The van der Waals surface area contributed by atoms with Crippen molar-refractivity contribution in [1.29, 1.82) is 0 Å². The second-order valence-electron chi connectivity index (χ2n) is 5.16. The van der Waals surface area contributed by atoms with Crippen LogP contribution in [0.2, 0.25) is 10.0 Å². The SMILES string of the molecule is O=C(CNc1cc([N+](=O)[O-])ccc1NCCO)Nc1cc(Cl)ccc1Cl. The fraction of sp³-hybridized carbons (Fsp3) is 0.188. The second kappa shape index (κ2) is 9.23. The van der Waals surface area contributed by atoms with E-state index in [0.29, 0.717) is 27.1 Å². The van der Waals surface area contributed by atoms with Crippen molar-refractivity contribution in [3.8, 4) is 0 Å². The van der Waals surface area contributed by atoms with Crippen molar-refractivity contribution in [1.82, 2.24) is 0 Å². The largest absolute Gasteiger partial charge is 0.395 e. The van der Waals surface area contributed by atoms with E-state index in [1.807, 2.05) is 0 Å². The van der Waals surface area contributed by atoms with Gasteiger partial charge in [0.15, 0.2) is 0 Å². The molecule has 2 aromatic carbocycles. The molecule has 0 spiro atoms. The van der Waals surface area contributed by atoms with Gasteiger partial charge in [-0.1, -0.05) is 23.2 Å². The summed E-state index contributed by atoms with van der Waals surface area (Å²) >= 11 is 11.9. The number of halogens is 2. The molecule has 0 heterocycles. The zero-order valence-corrected chi connectivity index (χ0v) is 15.0. The van der Waals surface area contributed by atoms with Crippen LogP contribution in [0, 0.1) is 10.1 Å². The predicted molar refractivity (Wildman–Crippen MR) is 102 cm³/mol. The quantitative estimate of drug-likeness (QED) is 0.400. The van der Waals surface area contributed by atoms with Crippen LogP contribution >= 0.6 is 23.2 Å². The molecule has 0 saturated carbocycles. The average Bonchev–Trinajstić information content (AvgIpc) is 2.61. The molecule has 10 heteroatoms. The third kappa shape index (κ3) is 5.48. The van der Waals surface area contributed by atoms with Gasteiger partial charge in [0, 0.05) is 23.7 Å². The van der Waals surface area contributed by atoms with E-state index in [0.717, 1.165) is 0 Å². The summed E-state index contributed by atoms with van der Waals surface area (Å²) in [5.41, 5.74) is 1.13. The number of nitro groups is 1. The molecule has 138 valence electrons. The molecule has 0 unspecified atom stereocenters. The highest BCUT2D eigenvalue weighted by molar-refractivity contribution is 6.35. The van der Waals surface area contributed by atoms with Crippen LogP contribution in [-0.2, 0) is 4.79 Å². The maximum Gasteiger partial charge on any atom is 0.271 e. The van der Waals surface area contributed by atoms with E-state index in [1.165, 1.54) is 24.3 Å². The predicted octanol–water partition coefficient (Wildman–Crippen LogP) is 3.36. The number of rotatable bonds is 8. The number of hydrogen-bond donors (Lipinski definition) is 4. The molecule has 4 N–H and O–H groups in total. The van der Waals surface area contributed by atoms with Crippen LogP contribution in [0.5, 0.6) is 0 Å². The van der Waals surface area contributed by atoms with Gasteiger partial charge in [-0.3, -0.25) is 14.9 Å². The van der Waals surface area contributed by atoms with Gasteiger partial charge in [-0.15, -0.1) is 0 Å². The number of nitrogens with one attached hydrogen (secondary N) is 3. The van der Waals surface area contributed by atoms with Crippen LogP contribution in [0.4, 0.5) is 22.7 Å². The van der Waals surface area contributed by atoms with Gasteiger partial charge >= 0.3 is 0 Å². The van der Waals surface area contributed by atoms with Crippen molar-refractivity contribution in [3.05, 3.63) is 56.6 Å². The normalized spacial score (nSPS) is 10.3. The molecule has 0 bridgehead atoms. The van der Waals surface area contributed by atoms with Crippen molar-refractivity contribution >= 4 is 51.9 Å². The summed E-state index contributed by atoms with van der Waals surface area (Å²) in [5, 5.41) is 29.0. The number of carbonyl (C=O) groups excluding carboxylic acids is 1. The molecular weight excluding hydrogens is 383 g/mol. The molecule has 8 nitrogen and oxygen atoms in total. The van der Waals surface area contributed by atoms with Gasteiger partial charge in [-0.2, -0.15) is 0 Å². The first-order valence-corrected chi connectivity index (χ1v) is 8.28. The van der Waals surface area contributed by atoms with Crippen molar-refractivity contribution in [2.75, 3.05) is 35.6 Å². The average molecular weight is 399 g/mol. The smallest absolute Gasteiger partial charge is 0.271 e. The molecule has 26 heavy (non-hydrogen) atoms. The summed E-state index contributed by atoms with van der Waals surface area (Å²) in [6, 6.07) is 8.81. The number of carbonyl (C=O) groups is 1. The summed E-state index contributed by atoms with van der Waals surface area (Å²) < 4.78 is 0. The molecule has 1 amide bonds. The number of benzene rings is 2. The lowest BCUT2D eigenvalue weighted by atomic mass is 10.2. The van der Waals surface area contributed by atoms with Crippen LogP contribution in [0.1, 0.15) is 0 Å². The molecule has 0 atom stereocenters. The monoisotopic (exact) mass is 398 g/mol. The first kappa shape index (κ1) is 19.8. The number of anilines is 3. The molecule has 2 rings (SSSR count). The van der Waals surface area contributed by atoms with Crippen molar-refractivity contribution in [2.45, 2.75) is 0 Å². The Hall–Kier alpha value is -2.55. The van der Waals surface area contributed by atoms with Crippen LogP contribution < -0.4 is 16.0 Å². The first-order chi connectivity index (χ1) is 12.4. The van der Waals surface area contributed by atoms with E-state index in [2.05, 4.69) is 16.0 Å². The van der Waals surface area contributed by atoms with E-state index in [-0.39, 0.29) is 25.4 Å². The number of aliphatic hydroxyl groups is 1. The van der Waals surface area contributed by atoms with E-state index in [9.17, 15) is 14.9 Å². The van der Waals surface area contributed by atoms with Crippen molar-refractivity contribution in [3.63, 3.8) is 0 Å². The molecule has 0 aliphatic rings. The number of amides is 1. The lowest BCUT2D eigenvalue weighted by Gasteiger charge is -2.14. The number of nitro benzene ring substituents is 1. The standard InChI is InChI=1S/C16H16Cl2N4O4/c17-10-1-3-12(18)14(7-10)21-16(24)9-20-15-8-11(22(25)26)2-4-13(15)19-5-6-23/h1-4,7-8,19-20,23H,5-6,9H2,(H,21,24). The fourth-order valence-corrected chi connectivity index (χ4v) is 2.44. The van der Waals surface area contributed by atoms with Gasteiger partial charge in [-0.25, -0.2) is 0 Å². The Morgan fingerprint density at radius 1 is 1.08 bits per heavy atom. The lowest BCUT2D eigenvalue weighted by Crippen LogP contribution is -2.22. The minimum atomic E-state index is -0.535. The minimum Gasteiger partial charge on any atom is -0.395 e. The van der Waals surface area contributed by atoms with Crippen LogP contribution in [0.15, 0.2) is 36.4 Å².